The van der Waals surface area contributed by atoms with Crippen molar-refractivity contribution in [2.45, 2.75) is 31.9 Å². The Hall–Kier alpha value is -3.01. The summed E-state index contributed by atoms with van der Waals surface area (Å²) in [6, 6.07) is 19.5. The molecule has 1 heterocycles. The Balaban J connectivity index is 1.69. The largest absolute Gasteiger partial charge is 0.496 e. The van der Waals surface area contributed by atoms with Gasteiger partial charge in [0.15, 0.2) is 0 Å². The molecule has 3 aromatic carbocycles. The van der Waals surface area contributed by atoms with Crippen LogP contribution >= 0.6 is 0 Å². The number of nitrogens with one attached hydrogen (secondary N) is 1. The smallest absolute Gasteiger partial charge is 0.255 e. The third kappa shape index (κ3) is 3.35. The fourth-order valence-corrected chi connectivity index (χ4v) is 3.73. The quantitative estimate of drug-likeness (QED) is 0.723. The van der Waals surface area contributed by atoms with E-state index in [9.17, 15) is 4.79 Å². The molecule has 0 aromatic heterocycles. The van der Waals surface area contributed by atoms with Crippen LogP contribution in [0.4, 0.5) is 0 Å². The monoisotopic (exact) mass is 361 g/mol. The minimum absolute atomic E-state index is 0.117. The number of hydrogen-bond donors (Lipinski definition) is 1. The van der Waals surface area contributed by atoms with Crippen molar-refractivity contribution in [3.63, 3.8) is 0 Å². The van der Waals surface area contributed by atoms with Gasteiger partial charge in [0, 0.05) is 12.0 Å². The Morgan fingerprint density at radius 3 is 2.48 bits per heavy atom. The van der Waals surface area contributed by atoms with E-state index in [1.165, 1.54) is 0 Å². The van der Waals surface area contributed by atoms with E-state index in [4.69, 9.17) is 9.47 Å². The van der Waals surface area contributed by atoms with Crippen LogP contribution in [0.5, 0.6) is 11.5 Å². The fourth-order valence-electron chi connectivity index (χ4n) is 3.73. The summed E-state index contributed by atoms with van der Waals surface area (Å²) in [7, 11) is 1.59. The molecule has 4 heteroatoms. The average Bonchev–Trinajstić information content (AvgIpc) is 2.66. The SMILES string of the molecule is COc1cc2ccccc2cc1C(=O)N[C@H]1CC(C)(C)Oc2ccccc21. The van der Waals surface area contributed by atoms with E-state index >= 15 is 0 Å². The summed E-state index contributed by atoms with van der Waals surface area (Å²) in [4.78, 5) is 13.1. The molecular weight excluding hydrogens is 338 g/mol. The van der Waals surface area contributed by atoms with E-state index in [0.717, 1.165) is 22.1 Å². The van der Waals surface area contributed by atoms with Crippen molar-refractivity contribution in [3.8, 4) is 11.5 Å². The molecule has 1 N–H and O–H groups in total. The van der Waals surface area contributed by atoms with Gasteiger partial charge in [-0.05, 0) is 42.8 Å². The number of fused-ring (bicyclic) bond motifs is 2. The molecule has 0 fully saturated rings. The van der Waals surface area contributed by atoms with Crippen LogP contribution in [-0.4, -0.2) is 18.6 Å². The minimum atomic E-state index is -0.347. The highest BCUT2D eigenvalue weighted by Gasteiger charge is 2.34. The molecule has 0 aliphatic carbocycles. The topological polar surface area (TPSA) is 47.6 Å². The molecule has 0 radical (unpaired) electrons. The summed E-state index contributed by atoms with van der Waals surface area (Å²) in [5.74, 6) is 1.26. The Labute approximate surface area is 159 Å². The fraction of sp³-hybridized carbons (Fsp3) is 0.261. The predicted molar refractivity (Wildman–Crippen MR) is 106 cm³/mol. The van der Waals surface area contributed by atoms with Crippen molar-refractivity contribution in [2.75, 3.05) is 7.11 Å². The van der Waals surface area contributed by atoms with Crippen LogP contribution in [0.25, 0.3) is 10.8 Å². The Kier molecular flexibility index (Phi) is 4.27. The average molecular weight is 361 g/mol. The first-order chi connectivity index (χ1) is 13.0. The van der Waals surface area contributed by atoms with Gasteiger partial charge in [0.25, 0.3) is 5.91 Å². The molecule has 0 unspecified atom stereocenters. The Morgan fingerprint density at radius 1 is 1.07 bits per heavy atom. The molecule has 0 bridgehead atoms. The zero-order chi connectivity index (χ0) is 19.0. The lowest BCUT2D eigenvalue weighted by atomic mass is 9.89. The number of benzene rings is 3. The normalized spacial score (nSPS) is 17.7. The highest BCUT2D eigenvalue weighted by Crippen LogP contribution is 2.39. The van der Waals surface area contributed by atoms with Crippen LogP contribution in [-0.2, 0) is 0 Å². The number of amides is 1. The number of methoxy groups -OCH3 is 1. The van der Waals surface area contributed by atoms with Crippen LogP contribution in [0.1, 0.15) is 42.2 Å². The summed E-state index contributed by atoms with van der Waals surface area (Å²) in [6.07, 6.45) is 0.700. The van der Waals surface area contributed by atoms with Gasteiger partial charge in [-0.15, -0.1) is 0 Å². The zero-order valence-electron chi connectivity index (χ0n) is 15.8. The van der Waals surface area contributed by atoms with Crippen LogP contribution in [0.2, 0.25) is 0 Å². The molecule has 3 aromatic rings. The molecule has 138 valence electrons. The van der Waals surface area contributed by atoms with Crippen molar-refractivity contribution < 1.29 is 14.3 Å². The second-order valence-corrected chi connectivity index (χ2v) is 7.53. The van der Waals surface area contributed by atoms with Crippen molar-refractivity contribution >= 4 is 16.7 Å². The van der Waals surface area contributed by atoms with Crippen LogP contribution in [0.3, 0.4) is 0 Å². The van der Waals surface area contributed by atoms with Crippen LogP contribution in [0, 0.1) is 0 Å². The van der Waals surface area contributed by atoms with Gasteiger partial charge in [-0.2, -0.15) is 0 Å². The summed E-state index contributed by atoms with van der Waals surface area (Å²) in [5, 5.41) is 5.24. The van der Waals surface area contributed by atoms with Gasteiger partial charge in [0.1, 0.15) is 17.1 Å². The predicted octanol–water partition coefficient (Wildman–Crippen LogP) is 4.88. The summed E-state index contributed by atoms with van der Waals surface area (Å²) in [5.41, 5.74) is 1.20. The standard InChI is InChI=1S/C23H23NO3/c1-23(2)14-19(17-10-6-7-11-20(17)27-23)24-22(25)18-12-15-8-4-5-9-16(15)13-21(18)26-3/h4-13,19H,14H2,1-3H3,(H,24,25)/t19-/m0/s1. The number of ether oxygens (including phenoxy) is 2. The summed E-state index contributed by atoms with van der Waals surface area (Å²) < 4.78 is 11.6. The molecule has 0 saturated heterocycles. The molecule has 1 aliphatic rings. The molecular formula is C23H23NO3. The summed E-state index contributed by atoms with van der Waals surface area (Å²) in [6.45, 7) is 4.08. The third-order valence-corrected chi connectivity index (χ3v) is 4.99. The van der Waals surface area contributed by atoms with Gasteiger partial charge in [0.05, 0.1) is 18.7 Å². The van der Waals surface area contributed by atoms with Gasteiger partial charge < -0.3 is 14.8 Å². The van der Waals surface area contributed by atoms with Gasteiger partial charge in [-0.25, -0.2) is 0 Å². The van der Waals surface area contributed by atoms with E-state index in [1.54, 1.807) is 7.11 Å². The molecule has 1 atom stereocenters. The van der Waals surface area contributed by atoms with Crippen molar-refractivity contribution in [2.24, 2.45) is 0 Å². The number of hydrogen-bond acceptors (Lipinski definition) is 3. The highest BCUT2D eigenvalue weighted by molar-refractivity contribution is 6.01. The van der Waals surface area contributed by atoms with Crippen molar-refractivity contribution in [1.82, 2.24) is 5.32 Å². The van der Waals surface area contributed by atoms with E-state index in [1.807, 2.05) is 74.5 Å². The van der Waals surface area contributed by atoms with Gasteiger partial charge in [-0.1, -0.05) is 42.5 Å². The maximum absolute atomic E-state index is 13.1. The first kappa shape index (κ1) is 17.4. The Morgan fingerprint density at radius 2 is 1.74 bits per heavy atom. The van der Waals surface area contributed by atoms with Crippen LogP contribution in [0.15, 0.2) is 60.7 Å². The zero-order valence-corrected chi connectivity index (χ0v) is 15.8. The van der Waals surface area contributed by atoms with E-state index in [0.29, 0.717) is 17.7 Å². The number of carbonyl (C=O) groups is 1. The summed E-state index contributed by atoms with van der Waals surface area (Å²) >= 11 is 0. The van der Waals surface area contributed by atoms with Gasteiger partial charge >= 0.3 is 0 Å². The van der Waals surface area contributed by atoms with E-state index < -0.39 is 0 Å². The molecule has 1 amide bonds. The van der Waals surface area contributed by atoms with Gasteiger partial charge in [0.2, 0.25) is 0 Å². The van der Waals surface area contributed by atoms with Crippen molar-refractivity contribution in [3.05, 3.63) is 71.8 Å². The highest BCUT2D eigenvalue weighted by atomic mass is 16.5. The first-order valence-corrected chi connectivity index (χ1v) is 9.12. The van der Waals surface area contributed by atoms with E-state index in [-0.39, 0.29) is 17.6 Å². The molecule has 4 nitrogen and oxygen atoms in total. The first-order valence-electron chi connectivity index (χ1n) is 9.12. The maximum atomic E-state index is 13.1. The second-order valence-electron chi connectivity index (χ2n) is 7.53. The molecule has 0 spiro atoms. The lowest BCUT2D eigenvalue weighted by Gasteiger charge is -2.37. The second kappa shape index (κ2) is 6.62. The Bertz CT molecular complexity index is 1010. The molecule has 4 rings (SSSR count). The number of para-hydroxylation sites is 1. The minimum Gasteiger partial charge on any atom is -0.496 e. The molecule has 0 saturated carbocycles. The lowest BCUT2D eigenvalue weighted by Crippen LogP contribution is -2.41. The number of carbonyl (C=O) groups excluding carboxylic acids is 1. The van der Waals surface area contributed by atoms with Crippen LogP contribution < -0.4 is 14.8 Å². The van der Waals surface area contributed by atoms with E-state index in [2.05, 4.69) is 5.32 Å². The molecule has 27 heavy (non-hydrogen) atoms. The molecule has 1 aliphatic heterocycles. The van der Waals surface area contributed by atoms with Crippen molar-refractivity contribution in [1.29, 1.82) is 0 Å². The third-order valence-electron chi connectivity index (χ3n) is 4.99. The lowest BCUT2D eigenvalue weighted by molar-refractivity contribution is 0.0619. The number of rotatable bonds is 3. The van der Waals surface area contributed by atoms with Gasteiger partial charge in [-0.3, -0.25) is 4.79 Å². The maximum Gasteiger partial charge on any atom is 0.255 e.